The van der Waals surface area contributed by atoms with E-state index in [1.54, 1.807) is 6.07 Å². The number of halogens is 2. The van der Waals surface area contributed by atoms with Gasteiger partial charge in [-0.05, 0) is 31.9 Å². The number of alkyl halides is 1. The molecule has 0 aromatic heterocycles. The Morgan fingerprint density at radius 1 is 1.50 bits per heavy atom. The molecule has 1 unspecified atom stereocenters. The van der Waals surface area contributed by atoms with Crippen molar-refractivity contribution in [3.63, 3.8) is 0 Å². The highest BCUT2D eigenvalue weighted by Gasteiger charge is 2.29. The summed E-state index contributed by atoms with van der Waals surface area (Å²) in [6.07, 6.45) is 2.20. The molecule has 106 valence electrons. The van der Waals surface area contributed by atoms with Crippen LogP contribution in [0.4, 0.5) is 15.8 Å². The van der Waals surface area contributed by atoms with E-state index in [2.05, 4.69) is 31.6 Å². The van der Waals surface area contributed by atoms with E-state index in [1.807, 2.05) is 6.92 Å². The molecule has 6 heteroatoms. The summed E-state index contributed by atoms with van der Waals surface area (Å²) < 4.78 is 14.0. The Morgan fingerprint density at radius 2 is 2.25 bits per heavy atom. The first-order chi connectivity index (χ1) is 9.60. The van der Waals surface area contributed by atoms with Gasteiger partial charge in [-0.15, -0.1) is 0 Å². The fourth-order valence-electron chi connectivity index (χ4n) is 2.25. The maximum Gasteiger partial charge on any atom is 0.178 e. The van der Waals surface area contributed by atoms with Crippen LogP contribution in [0.15, 0.2) is 17.1 Å². The van der Waals surface area contributed by atoms with Crippen molar-refractivity contribution < 1.29 is 9.18 Å². The lowest BCUT2D eigenvalue weighted by atomic mass is 10.0. The largest absolute Gasteiger partial charge is 0.374 e. The number of amidine groups is 1. The maximum atomic E-state index is 14.0. The molecular formula is C14H15BrFN3O. The molecule has 2 aliphatic rings. The minimum atomic E-state index is -0.511. The number of rotatable bonds is 3. The molecule has 20 heavy (non-hydrogen) atoms. The Labute approximate surface area is 125 Å². The SMILES string of the molecule is CC1Nc2ccc(F)c(C(=O)CBr)c2NC1=NC1CC1. The van der Waals surface area contributed by atoms with Crippen molar-refractivity contribution >= 4 is 38.9 Å². The molecule has 1 saturated carbocycles. The lowest BCUT2D eigenvalue weighted by Gasteiger charge is -2.29. The number of aliphatic imine (C=N–C) groups is 1. The van der Waals surface area contributed by atoms with E-state index in [9.17, 15) is 9.18 Å². The summed E-state index contributed by atoms with van der Waals surface area (Å²) in [5, 5.41) is 6.50. The second-order valence-electron chi connectivity index (χ2n) is 5.14. The van der Waals surface area contributed by atoms with Crippen LogP contribution in [-0.2, 0) is 0 Å². The van der Waals surface area contributed by atoms with E-state index >= 15 is 0 Å². The number of benzene rings is 1. The first-order valence-corrected chi connectivity index (χ1v) is 7.75. The van der Waals surface area contributed by atoms with Crippen LogP contribution in [0, 0.1) is 5.82 Å². The van der Waals surface area contributed by atoms with Crippen LogP contribution in [0.25, 0.3) is 0 Å². The molecule has 1 atom stereocenters. The number of nitrogens with zero attached hydrogens (tertiary/aromatic N) is 1. The van der Waals surface area contributed by atoms with Gasteiger partial charge in [-0.3, -0.25) is 9.79 Å². The predicted octanol–water partition coefficient (Wildman–Crippen LogP) is 3.19. The van der Waals surface area contributed by atoms with Crippen LogP contribution in [0.2, 0.25) is 0 Å². The van der Waals surface area contributed by atoms with Crippen molar-refractivity contribution in [2.75, 3.05) is 16.0 Å². The standard InChI is InChI=1S/C14H15BrFN3O/c1-7-14(18-8-2-3-8)19-13-10(17-7)5-4-9(16)12(13)11(20)6-15/h4-5,7-8,17H,2-3,6H2,1H3,(H,18,19). The Balaban J connectivity index is 2.04. The third-order valence-corrected chi connectivity index (χ3v) is 3.97. The Kier molecular flexibility index (Phi) is 3.50. The van der Waals surface area contributed by atoms with E-state index in [0.717, 1.165) is 24.4 Å². The molecule has 0 saturated heterocycles. The molecule has 1 aliphatic heterocycles. The van der Waals surface area contributed by atoms with E-state index in [-0.39, 0.29) is 22.7 Å². The van der Waals surface area contributed by atoms with Gasteiger partial charge in [0.25, 0.3) is 0 Å². The molecule has 0 spiro atoms. The van der Waals surface area contributed by atoms with Crippen molar-refractivity contribution in [3.8, 4) is 0 Å². The van der Waals surface area contributed by atoms with Crippen LogP contribution in [-0.4, -0.2) is 29.0 Å². The van der Waals surface area contributed by atoms with Gasteiger partial charge in [0.15, 0.2) is 5.78 Å². The van der Waals surface area contributed by atoms with Crippen molar-refractivity contribution in [1.29, 1.82) is 0 Å². The number of Topliss-reactive ketones (excluding diaryl/α,β-unsaturated/α-hetero) is 1. The molecule has 1 heterocycles. The van der Waals surface area contributed by atoms with E-state index in [0.29, 0.717) is 11.7 Å². The lowest BCUT2D eigenvalue weighted by molar-refractivity contribution is 0.102. The molecule has 1 aromatic carbocycles. The van der Waals surface area contributed by atoms with Gasteiger partial charge in [0.2, 0.25) is 0 Å². The number of carbonyl (C=O) groups excluding carboxylic acids is 1. The lowest BCUT2D eigenvalue weighted by Crippen LogP contribution is -2.38. The fraction of sp³-hybridized carbons (Fsp3) is 0.429. The van der Waals surface area contributed by atoms with Gasteiger partial charge in [-0.2, -0.15) is 0 Å². The summed E-state index contributed by atoms with van der Waals surface area (Å²) >= 11 is 3.10. The predicted molar refractivity (Wildman–Crippen MR) is 81.7 cm³/mol. The topological polar surface area (TPSA) is 53.5 Å². The smallest absolute Gasteiger partial charge is 0.178 e. The third kappa shape index (κ3) is 2.44. The average molecular weight is 340 g/mol. The third-order valence-electron chi connectivity index (χ3n) is 3.46. The van der Waals surface area contributed by atoms with Crippen molar-refractivity contribution in [1.82, 2.24) is 0 Å². The van der Waals surface area contributed by atoms with Gasteiger partial charge in [0, 0.05) is 0 Å². The number of ketones is 1. The summed E-state index contributed by atoms with van der Waals surface area (Å²) in [6.45, 7) is 1.99. The fourth-order valence-corrected chi connectivity index (χ4v) is 2.53. The zero-order chi connectivity index (χ0) is 14.3. The van der Waals surface area contributed by atoms with E-state index in [4.69, 9.17) is 0 Å². The maximum absolute atomic E-state index is 14.0. The first-order valence-electron chi connectivity index (χ1n) is 6.63. The van der Waals surface area contributed by atoms with Gasteiger partial charge < -0.3 is 10.6 Å². The summed E-state index contributed by atoms with van der Waals surface area (Å²) in [5.41, 5.74) is 1.31. The minimum Gasteiger partial charge on any atom is -0.374 e. The molecule has 0 amide bonds. The number of carbonyl (C=O) groups is 1. The minimum absolute atomic E-state index is 0.0282. The van der Waals surface area contributed by atoms with Gasteiger partial charge in [0.1, 0.15) is 11.7 Å². The molecular weight excluding hydrogens is 325 g/mol. The number of fused-ring (bicyclic) bond motifs is 1. The monoisotopic (exact) mass is 339 g/mol. The molecule has 0 bridgehead atoms. The molecule has 4 nitrogen and oxygen atoms in total. The first kappa shape index (κ1) is 13.5. The highest BCUT2D eigenvalue weighted by molar-refractivity contribution is 9.09. The van der Waals surface area contributed by atoms with Gasteiger partial charge in [-0.25, -0.2) is 4.39 Å². The average Bonchev–Trinajstić information content (AvgIpc) is 3.23. The number of nitrogens with one attached hydrogen (secondary N) is 2. The van der Waals surface area contributed by atoms with Crippen molar-refractivity contribution in [3.05, 3.63) is 23.5 Å². The molecule has 1 fully saturated rings. The highest BCUT2D eigenvalue weighted by atomic mass is 79.9. The second-order valence-corrected chi connectivity index (χ2v) is 5.70. The summed E-state index contributed by atoms with van der Waals surface area (Å²) in [5.74, 6) is -0.0222. The molecule has 3 rings (SSSR count). The second kappa shape index (κ2) is 5.16. The number of hydrogen-bond donors (Lipinski definition) is 2. The zero-order valence-electron chi connectivity index (χ0n) is 11.0. The molecule has 1 aliphatic carbocycles. The molecule has 2 N–H and O–H groups in total. The van der Waals surface area contributed by atoms with Crippen LogP contribution < -0.4 is 10.6 Å². The van der Waals surface area contributed by atoms with Crippen LogP contribution in [0.3, 0.4) is 0 Å². The van der Waals surface area contributed by atoms with Crippen LogP contribution in [0.5, 0.6) is 0 Å². The van der Waals surface area contributed by atoms with Crippen LogP contribution in [0.1, 0.15) is 30.1 Å². The van der Waals surface area contributed by atoms with Gasteiger partial charge >= 0.3 is 0 Å². The molecule has 1 aromatic rings. The van der Waals surface area contributed by atoms with E-state index in [1.165, 1.54) is 6.07 Å². The quantitative estimate of drug-likeness (QED) is 0.656. The summed E-state index contributed by atoms with van der Waals surface area (Å²) in [6, 6.07) is 3.36. The van der Waals surface area contributed by atoms with Crippen LogP contribution >= 0.6 is 15.9 Å². The summed E-state index contributed by atoms with van der Waals surface area (Å²) in [7, 11) is 0. The summed E-state index contributed by atoms with van der Waals surface area (Å²) in [4.78, 5) is 16.5. The number of anilines is 2. The number of hydrogen-bond acceptors (Lipinski definition) is 3. The van der Waals surface area contributed by atoms with Gasteiger partial charge in [-0.1, -0.05) is 15.9 Å². The Hall–Kier alpha value is -1.43. The zero-order valence-corrected chi connectivity index (χ0v) is 12.6. The van der Waals surface area contributed by atoms with Crippen molar-refractivity contribution in [2.45, 2.75) is 31.8 Å². The van der Waals surface area contributed by atoms with E-state index < -0.39 is 5.82 Å². The normalized spacial score (nSPS) is 22.9. The Bertz CT molecular complexity index is 598. The Morgan fingerprint density at radius 3 is 2.90 bits per heavy atom. The highest BCUT2D eigenvalue weighted by Crippen LogP contribution is 2.34. The van der Waals surface area contributed by atoms with Gasteiger partial charge in [0.05, 0.1) is 34.4 Å². The molecule has 0 radical (unpaired) electrons. The van der Waals surface area contributed by atoms with Crippen molar-refractivity contribution in [2.24, 2.45) is 4.99 Å².